The van der Waals surface area contributed by atoms with Gasteiger partial charge in [0.2, 0.25) is 0 Å². The van der Waals surface area contributed by atoms with Gasteiger partial charge in [-0.3, -0.25) is 9.78 Å². The van der Waals surface area contributed by atoms with Gasteiger partial charge in [0.05, 0.1) is 24.4 Å². The van der Waals surface area contributed by atoms with E-state index < -0.39 is 0 Å². The monoisotopic (exact) mass is 505 g/mol. The van der Waals surface area contributed by atoms with Gasteiger partial charge in [-0.05, 0) is 94.9 Å². The fourth-order valence-electron chi connectivity index (χ4n) is 5.15. The lowest BCUT2D eigenvalue weighted by atomic mass is 9.97. The van der Waals surface area contributed by atoms with Crippen LogP contribution in [0.1, 0.15) is 55.5 Å². The van der Waals surface area contributed by atoms with Crippen LogP contribution in [-0.2, 0) is 9.53 Å². The van der Waals surface area contributed by atoms with E-state index in [1.54, 1.807) is 6.20 Å². The second-order valence-electron chi connectivity index (χ2n) is 8.91. The molecule has 0 aliphatic carbocycles. The van der Waals surface area contributed by atoms with E-state index in [1.807, 2.05) is 30.0 Å². The third-order valence-corrected chi connectivity index (χ3v) is 7.18. The van der Waals surface area contributed by atoms with Gasteiger partial charge >= 0.3 is 5.97 Å². The lowest BCUT2D eigenvalue weighted by molar-refractivity contribution is -0.143. The first-order valence-electron chi connectivity index (χ1n) is 12.6. The fraction of sp³-hybridized carbons (Fsp3) is 0.393. The van der Waals surface area contributed by atoms with Crippen LogP contribution >= 0.6 is 12.2 Å². The van der Waals surface area contributed by atoms with Crippen molar-refractivity contribution in [1.29, 1.82) is 0 Å². The normalized spacial score (nSPS) is 17.2. The molecule has 1 aliphatic rings. The van der Waals surface area contributed by atoms with Gasteiger partial charge < -0.3 is 24.4 Å². The molecule has 1 saturated heterocycles. The first kappa shape index (κ1) is 25.7. The highest BCUT2D eigenvalue weighted by atomic mass is 32.1. The number of aromatic nitrogens is 2. The Hall–Kier alpha value is -3.39. The minimum absolute atomic E-state index is 0.0793. The molecule has 4 rings (SSSR count). The van der Waals surface area contributed by atoms with Crippen LogP contribution < -0.4 is 10.2 Å². The number of nitrogens with zero attached hydrogens (tertiary/aromatic N) is 4. The van der Waals surface area contributed by atoms with Gasteiger partial charge in [0.25, 0.3) is 0 Å². The van der Waals surface area contributed by atoms with Crippen molar-refractivity contribution < 1.29 is 9.53 Å². The van der Waals surface area contributed by atoms with Crippen molar-refractivity contribution in [1.82, 2.24) is 19.8 Å². The molecule has 0 saturated carbocycles. The first-order chi connectivity index (χ1) is 17.4. The number of anilines is 1. The van der Waals surface area contributed by atoms with Crippen LogP contribution in [0.2, 0.25) is 0 Å². The highest BCUT2D eigenvalue weighted by molar-refractivity contribution is 7.80. The molecule has 3 aromatic rings. The molecule has 0 bridgehead atoms. The quantitative estimate of drug-likeness (QED) is 0.329. The molecule has 7 nitrogen and oxygen atoms in total. The molecular weight excluding hydrogens is 470 g/mol. The molecule has 2 aromatic heterocycles. The molecule has 1 fully saturated rings. The van der Waals surface area contributed by atoms with Crippen molar-refractivity contribution in [3.8, 4) is 5.69 Å². The van der Waals surface area contributed by atoms with Crippen LogP contribution in [0, 0.1) is 13.8 Å². The Morgan fingerprint density at radius 1 is 1.11 bits per heavy atom. The lowest BCUT2D eigenvalue weighted by Gasteiger charge is -2.27. The van der Waals surface area contributed by atoms with Crippen LogP contribution in [-0.4, -0.2) is 51.8 Å². The molecule has 36 heavy (non-hydrogen) atoms. The highest BCUT2D eigenvalue weighted by Crippen LogP contribution is 2.41. The van der Waals surface area contributed by atoms with E-state index in [0.717, 1.165) is 41.4 Å². The Kier molecular flexibility index (Phi) is 7.94. The number of aryl methyl sites for hydroxylation is 1. The van der Waals surface area contributed by atoms with Crippen molar-refractivity contribution in [2.75, 3.05) is 31.1 Å². The average Bonchev–Trinajstić information content (AvgIpc) is 3.35. The van der Waals surface area contributed by atoms with Crippen LogP contribution in [0.4, 0.5) is 5.69 Å². The molecule has 0 amide bonds. The zero-order valence-corrected chi connectivity index (χ0v) is 22.5. The summed E-state index contributed by atoms with van der Waals surface area (Å²) in [5.41, 5.74) is 6.53. The predicted molar refractivity (Wildman–Crippen MR) is 148 cm³/mol. The summed E-state index contributed by atoms with van der Waals surface area (Å²) in [6, 6.07) is 16.4. The summed E-state index contributed by atoms with van der Waals surface area (Å²) in [5.74, 6) is -0.297. The molecule has 3 heterocycles. The van der Waals surface area contributed by atoms with Gasteiger partial charge in [-0.25, -0.2) is 0 Å². The van der Waals surface area contributed by atoms with Crippen molar-refractivity contribution in [3.63, 3.8) is 0 Å². The fourth-order valence-corrected chi connectivity index (χ4v) is 5.45. The third kappa shape index (κ3) is 4.95. The number of hydrogen-bond donors (Lipinski definition) is 1. The lowest BCUT2D eigenvalue weighted by Crippen LogP contribution is -2.35. The number of hydrogen-bond acceptors (Lipinski definition) is 5. The van der Waals surface area contributed by atoms with Gasteiger partial charge in [-0.15, -0.1) is 0 Å². The van der Waals surface area contributed by atoms with Crippen molar-refractivity contribution in [3.05, 3.63) is 77.4 Å². The van der Waals surface area contributed by atoms with Crippen LogP contribution in [0.15, 0.2) is 54.7 Å². The van der Waals surface area contributed by atoms with E-state index in [-0.39, 0.29) is 24.6 Å². The minimum atomic E-state index is -0.297. The molecule has 0 spiro atoms. The predicted octanol–water partition coefficient (Wildman–Crippen LogP) is 4.87. The number of benzene rings is 1. The molecule has 2 atom stereocenters. The number of pyridine rings is 1. The number of esters is 1. The van der Waals surface area contributed by atoms with E-state index in [0.29, 0.717) is 11.7 Å². The summed E-state index contributed by atoms with van der Waals surface area (Å²) in [7, 11) is 0. The number of rotatable bonds is 9. The number of thiocarbonyl (C=S) groups is 1. The second kappa shape index (κ2) is 11.1. The number of nitrogens with one attached hydrogen (secondary N) is 1. The molecule has 8 heteroatoms. The van der Waals surface area contributed by atoms with Crippen molar-refractivity contribution in [2.45, 2.75) is 46.7 Å². The molecule has 0 unspecified atom stereocenters. The van der Waals surface area contributed by atoms with Crippen LogP contribution in [0.25, 0.3) is 5.69 Å². The first-order valence-corrected chi connectivity index (χ1v) is 13.0. The van der Waals surface area contributed by atoms with E-state index in [9.17, 15) is 4.79 Å². The molecule has 1 N–H and O–H groups in total. The summed E-state index contributed by atoms with van der Waals surface area (Å²) in [6.07, 6.45) is 1.78. The topological polar surface area (TPSA) is 62.6 Å². The maximum Gasteiger partial charge on any atom is 0.325 e. The van der Waals surface area contributed by atoms with E-state index in [4.69, 9.17) is 17.0 Å². The number of ether oxygens (including phenoxy) is 1. The average molecular weight is 506 g/mol. The Balaban J connectivity index is 1.76. The minimum Gasteiger partial charge on any atom is -0.465 e. The summed E-state index contributed by atoms with van der Waals surface area (Å²) in [6.45, 7) is 12.7. The SMILES string of the molecule is CCOC(=O)CN1C(=S)N[C@@H](c2ccccn2)[C@H]1c1cc(C)n(-c2ccc(N(CC)CC)cc2)c1C. The summed E-state index contributed by atoms with van der Waals surface area (Å²) < 4.78 is 7.53. The standard InChI is InChI=1S/C28H35N5O2S/c1-6-31(7-2)21-12-14-22(15-13-21)33-19(4)17-23(20(33)5)27-26(24-11-9-10-16-29-24)30-28(36)32(27)18-25(34)35-8-3/h9-17,26-27H,6-8,18H2,1-5H3,(H,30,36)/t26-,27+/m0/s1. The summed E-state index contributed by atoms with van der Waals surface area (Å²) >= 11 is 5.70. The van der Waals surface area contributed by atoms with Crippen LogP contribution in [0.3, 0.4) is 0 Å². The third-order valence-electron chi connectivity index (χ3n) is 6.83. The maximum atomic E-state index is 12.5. The summed E-state index contributed by atoms with van der Waals surface area (Å²) in [4.78, 5) is 21.4. The number of carbonyl (C=O) groups is 1. The van der Waals surface area contributed by atoms with Gasteiger partial charge in [0.15, 0.2) is 5.11 Å². The van der Waals surface area contributed by atoms with Crippen molar-refractivity contribution in [2.24, 2.45) is 0 Å². The molecule has 1 aliphatic heterocycles. The molecule has 1 aromatic carbocycles. The van der Waals surface area contributed by atoms with E-state index >= 15 is 0 Å². The van der Waals surface area contributed by atoms with Gasteiger partial charge in [-0.2, -0.15) is 0 Å². The highest BCUT2D eigenvalue weighted by Gasteiger charge is 2.42. The smallest absolute Gasteiger partial charge is 0.325 e. The van der Waals surface area contributed by atoms with Crippen molar-refractivity contribution >= 4 is 29.0 Å². The maximum absolute atomic E-state index is 12.5. The molecule has 0 radical (unpaired) electrons. The Morgan fingerprint density at radius 3 is 2.44 bits per heavy atom. The van der Waals surface area contributed by atoms with Gasteiger partial charge in [0.1, 0.15) is 6.54 Å². The van der Waals surface area contributed by atoms with E-state index in [1.165, 1.54) is 5.69 Å². The number of carbonyl (C=O) groups excluding carboxylic acids is 1. The second-order valence-corrected chi connectivity index (χ2v) is 9.30. The molecule has 190 valence electrons. The summed E-state index contributed by atoms with van der Waals surface area (Å²) in [5, 5.41) is 3.94. The van der Waals surface area contributed by atoms with E-state index in [2.05, 4.69) is 77.8 Å². The Morgan fingerprint density at radius 2 is 1.83 bits per heavy atom. The zero-order chi connectivity index (χ0) is 25.8. The van der Waals surface area contributed by atoms with Gasteiger partial charge in [0, 0.05) is 42.0 Å². The largest absolute Gasteiger partial charge is 0.465 e. The zero-order valence-electron chi connectivity index (χ0n) is 21.7. The van der Waals surface area contributed by atoms with Gasteiger partial charge in [-0.1, -0.05) is 6.07 Å². The molecular formula is C28H35N5O2S. The van der Waals surface area contributed by atoms with Crippen LogP contribution in [0.5, 0.6) is 0 Å². The Labute approximate surface area is 219 Å². The Bertz CT molecular complexity index is 1200.